The first kappa shape index (κ1) is 14.8. The fourth-order valence-electron chi connectivity index (χ4n) is 1.49. The summed E-state index contributed by atoms with van der Waals surface area (Å²) >= 11 is 0. The van der Waals surface area contributed by atoms with E-state index in [0.717, 1.165) is 30.3 Å². The standard InChI is InChI=1S/C14H9F4NO2/c15-8-1-4-13(12(18)5-8)19-14(20)7-21-9-2-3-10(16)11(17)6-9/h1-6H,7H2,(H,19,20). The maximum Gasteiger partial charge on any atom is 0.262 e. The van der Waals surface area contributed by atoms with Gasteiger partial charge in [0.15, 0.2) is 18.2 Å². The van der Waals surface area contributed by atoms with Crippen LogP contribution in [0.3, 0.4) is 0 Å². The number of hydrogen-bond donors (Lipinski definition) is 1. The van der Waals surface area contributed by atoms with Gasteiger partial charge in [-0.25, -0.2) is 17.6 Å². The van der Waals surface area contributed by atoms with Crippen LogP contribution in [0.15, 0.2) is 36.4 Å². The normalized spacial score (nSPS) is 10.3. The van der Waals surface area contributed by atoms with Crippen molar-refractivity contribution in [3.05, 3.63) is 59.7 Å². The topological polar surface area (TPSA) is 38.3 Å². The number of benzene rings is 2. The number of ether oxygens (including phenoxy) is 1. The van der Waals surface area contributed by atoms with E-state index in [1.54, 1.807) is 0 Å². The number of hydrogen-bond acceptors (Lipinski definition) is 2. The number of nitrogens with one attached hydrogen (secondary N) is 1. The second-order valence-corrected chi connectivity index (χ2v) is 4.04. The highest BCUT2D eigenvalue weighted by Crippen LogP contribution is 2.17. The monoisotopic (exact) mass is 299 g/mol. The lowest BCUT2D eigenvalue weighted by atomic mass is 10.3. The van der Waals surface area contributed by atoms with Gasteiger partial charge in [0, 0.05) is 12.1 Å². The third kappa shape index (κ3) is 3.95. The Balaban J connectivity index is 1.94. The Hall–Kier alpha value is -2.57. The van der Waals surface area contributed by atoms with Crippen LogP contribution in [0.25, 0.3) is 0 Å². The molecule has 3 nitrogen and oxygen atoms in total. The van der Waals surface area contributed by atoms with Crippen LogP contribution in [0.1, 0.15) is 0 Å². The van der Waals surface area contributed by atoms with Gasteiger partial charge in [-0.3, -0.25) is 4.79 Å². The largest absolute Gasteiger partial charge is 0.484 e. The Morgan fingerprint density at radius 2 is 1.71 bits per heavy atom. The van der Waals surface area contributed by atoms with E-state index >= 15 is 0 Å². The van der Waals surface area contributed by atoms with Crippen molar-refractivity contribution in [3.63, 3.8) is 0 Å². The summed E-state index contributed by atoms with van der Waals surface area (Å²) in [5, 5.41) is 2.16. The maximum atomic E-state index is 13.3. The summed E-state index contributed by atoms with van der Waals surface area (Å²) in [6, 6.07) is 5.42. The first-order valence-corrected chi connectivity index (χ1v) is 5.78. The molecule has 0 atom stereocenters. The number of carbonyl (C=O) groups excluding carboxylic acids is 1. The van der Waals surface area contributed by atoms with Gasteiger partial charge in [-0.05, 0) is 24.3 Å². The number of rotatable bonds is 4. The minimum absolute atomic E-state index is 0.0522. The molecule has 2 rings (SSSR count). The van der Waals surface area contributed by atoms with Crippen molar-refractivity contribution >= 4 is 11.6 Å². The van der Waals surface area contributed by atoms with Gasteiger partial charge in [0.25, 0.3) is 5.91 Å². The van der Waals surface area contributed by atoms with E-state index in [-0.39, 0.29) is 11.4 Å². The van der Waals surface area contributed by atoms with Crippen LogP contribution >= 0.6 is 0 Å². The van der Waals surface area contributed by atoms with Crippen molar-refractivity contribution in [1.82, 2.24) is 0 Å². The summed E-state index contributed by atoms with van der Waals surface area (Å²) in [6.45, 7) is -0.540. The SMILES string of the molecule is O=C(COc1ccc(F)c(F)c1)Nc1ccc(F)cc1F. The van der Waals surface area contributed by atoms with Crippen molar-refractivity contribution in [2.45, 2.75) is 0 Å². The van der Waals surface area contributed by atoms with Gasteiger partial charge in [-0.2, -0.15) is 0 Å². The molecule has 1 N–H and O–H groups in total. The van der Waals surface area contributed by atoms with Crippen molar-refractivity contribution < 1.29 is 27.1 Å². The van der Waals surface area contributed by atoms with Crippen LogP contribution in [-0.2, 0) is 4.79 Å². The second-order valence-electron chi connectivity index (χ2n) is 4.04. The van der Waals surface area contributed by atoms with Crippen LogP contribution in [0.5, 0.6) is 5.75 Å². The van der Waals surface area contributed by atoms with Gasteiger partial charge in [0.1, 0.15) is 17.4 Å². The summed E-state index contributed by atoms with van der Waals surface area (Å²) in [4.78, 5) is 11.5. The lowest BCUT2D eigenvalue weighted by Crippen LogP contribution is -2.20. The van der Waals surface area contributed by atoms with Crippen LogP contribution < -0.4 is 10.1 Å². The molecule has 0 saturated carbocycles. The zero-order chi connectivity index (χ0) is 15.4. The smallest absolute Gasteiger partial charge is 0.262 e. The first-order chi connectivity index (χ1) is 9.95. The minimum Gasteiger partial charge on any atom is -0.484 e. The van der Waals surface area contributed by atoms with Gasteiger partial charge in [0.2, 0.25) is 0 Å². The fraction of sp³-hybridized carbons (Fsp3) is 0.0714. The highest BCUT2D eigenvalue weighted by molar-refractivity contribution is 5.91. The van der Waals surface area contributed by atoms with E-state index in [0.29, 0.717) is 6.07 Å². The molecule has 0 unspecified atom stereocenters. The molecule has 0 aromatic heterocycles. The van der Waals surface area contributed by atoms with Gasteiger partial charge in [-0.1, -0.05) is 0 Å². The Kier molecular flexibility index (Phi) is 4.42. The van der Waals surface area contributed by atoms with Crippen molar-refractivity contribution in [3.8, 4) is 5.75 Å². The van der Waals surface area contributed by atoms with E-state index in [2.05, 4.69) is 5.32 Å². The summed E-state index contributed by atoms with van der Waals surface area (Å²) in [5.41, 5.74) is -0.213. The molecule has 0 fully saturated rings. The molecule has 1 amide bonds. The van der Waals surface area contributed by atoms with Crippen LogP contribution in [-0.4, -0.2) is 12.5 Å². The zero-order valence-electron chi connectivity index (χ0n) is 10.5. The van der Waals surface area contributed by atoms with Crippen LogP contribution in [0, 0.1) is 23.3 Å². The lowest BCUT2D eigenvalue weighted by molar-refractivity contribution is -0.118. The summed E-state index contributed by atoms with van der Waals surface area (Å²) in [6.07, 6.45) is 0. The summed E-state index contributed by atoms with van der Waals surface area (Å²) < 4.78 is 56.5. The molecule has 0 spiro atoms. The predicted octanol–water partition coefficient (Wildman–Crippen LogP) is 3.26. The van der Waals surface area contributed by atoms with Gasteiger partial charge < -0.3 is 10.1 Å². The molecule has 0 heterocycles. The van der Waals surface area contributed by atoms with Crippen molar-refractivity contribution in [2.75, 3.05) is 11.9 Å². The van der Waals surface area contributed by atoms with Crippen molar-refractivity contribution in [1.29, 1.82) is 0 Å². The molecular formula is C14H9F4NO2. The molecule has 2 aromatic carbocycles. The molecule has 0 aliphatic rings. The second kappa shape index (κ2) is 6.25. The van der Waals surface area contributed by atoms with Gasteiger partial charge in [-0.15, -0.1) is 0 Å². The quantitative estimate of drug-likeness (QED) is 0.880. The highest BCUT2D eigenvalue weighted by atomic mass is 19.2. The van der Waals surface area contributed by atoms with Crippen molar-refractivity contribution in [2.24, 2.45) is 0 Å². The molecule has 0 aliphatic carbocycles. The van der Waals surface area contributed by atoms with Crippen LogP contribution in [0.4, 0.5) is 23.2 Å². The zero-order valence-corrected chi connectivity index (χ0v) is 10.5. The minimum atomic E-state index is -1.11. The average molecular weight is 299 g/mol. The predicted molar refractivity (Wildman–Crippen MR) is 66.8 cm³/mol. The lowest BCUT2D eigenvalue weighted by Gasteiger charge is -2.08. The average Bonchev–Trinajstić information content (AvgIpc) is 2.43. The summed E-state index contributed by atoms with van der Waals surface area (Å²) in [7, 11) is 0. The third-order valence-electron chi connectivity index (χ3n) is 2.47. The highest BCUT2D eigenvalue weighted by Gasteiger charge is 2.09. The fourth-order valence-corrected chi connectivity index (χ4v) is 1.49. The van der Waals surface area contributed by atoms with E-state index in [9.17, 15) is 22.4 Å². The maximum absolute atomic E-state index is 13.3. The Morgan fingerprint density at radius 3 is 2.38 bits per heavy atom. The molecule has 0 aliphatic heterocycles. The van der Waals surface area contributed by atoms with E-state index in [4.69, 9.17) is 4.74 Å². The molecule has 110 valence electrons. The number of halogens is 4. The van der Waals surface area contributed by atoms with E-state index < -0.39 is 35.8 Å². The molecule has 7 heteroatoms. The van der Waals surface area contributed by atoms with Gasteiger partial charge in [0.05, 0.1) is 5.69 Å². The molecule has 0 saturated heterocycles. The van der Waals surface area contributed by atoms with E-state index in [1.165, 1.54) is 0 Å². The third-order valence-corrected chi connectivity index (χ3v) is 2.47. The Morgan fingerprint density at radius 1 is 0.952 bits per heavy atom. The molecule has 2 aromatic rings. The first-order valence-electron chi connectivity index (χ1n) is 5.78. The molecule has 21 heavy (non-hydrogen) atoms. The number of anilines is 1. The van der Waals surface area contributed by atoms with Crippen LogP contribution in [0.2, 0.25) is 0 Å². The summed E-state index contributed by atoms with van der Waals surface area (Å²) in [5.74, 6) is -4.65. The van der Waals surface area contributed by atoms with E-state index in [1.807, 2.05) is 0 Å². The van der Waals surface area contributed by atoms with Gasteiger partial charge >= 0.3 is 0 Å². The Labute approximate surface area is 117 Å². The molecule has 0 radical (unpaired) electrons. The number of amides is 1. The molecular weight excluding hydrogens is 290 g/mol. The molecule has 0 bridgehead atoms. The Bertz CT molecular complexity index is 676. The number of carbonyl (C=O) groups is 1.